The lowest BCUT2D eigenvalue weighted by molar-refractivity contribution is -0.141. The summed E-state index contributed by atoms with van der Waals surface area (Å²) in [4.78, 5) is 44.3. The summed E-state index contributed by atoms with van der Waals surface area (Å²) in [6.45, 7) is 12.4. The Balaban J connectivity index is 0.000000719. The Hall–Kier alpha value is -3.70. The Kier molecular flexibility index (Phi) is 11.0. The van der Waals surface area contributed by atoms with Gasteiger partial charge in [-0.2, -0.15) is 0 Å². The topological polar surface area (TPSA) is 110 Å². The third-order valence-electron chi connectivity index (χ3n) is 13.2. The number of carbonyl (C=O) groups is 3. The number of piperidine rings is 1. The first-order chi connectivity index (χ1) is 26.3. The maximum atomic E-state index is 14.9. The quantitative estimate of drug-likeness (QED) is 0.247. The van der Waals surface area contributed by atoms with Crippen LogP contribution in [0.25, 0.3) is 22.2 Å². The molecule has 55 heavy (non-hydrogen) atoms. The van der Waals surface area contributed by atoms with Crippen molar-refractivity contribution in [1.29, 1.82) is 0 Å². The summed E-state index contributed by atoms with van der Waals surface area (Å²) >= 11 is 0. The smallest absolute Gasteiger partial charge is 0.263 e. The summed E-state index contributed by atoms with van der Waals surface area (Å²) in [6, 6.07) is 12.3. The Morgan fingerprint density at radius 2 is 1.67 bits per heavy atom. The fourth-order valence-electron chi connectivity index (χ4n) is 9.79. The molecule has 1 aromatic heterocycles. The SMILES string of the molecule is COC(C)(C)C.COc1ccc2c(c1)C1CC1(C(=O)N1CCC3(CCCN3C=O)CC1)Cn1c-2c(C2CCCCC2)c2ccc(C(=O)NS(=O)C(C)C)cc21. The van der Waals surface area contributed by atoms with Gasteiger partial charge in [-0.05, 0) is 127 Å². The normalized spacial score (nSPS) is 23.6. The van der Waals surface area contributed by atoms with Gasteiger partial charge in [0.2, 0.25) is 12.3 Å². The highest BCUT2D eigenvalue weighted by molar-refractivity contribution is 7.84. The molecular formula is C44H60N4O6S. The molecule has 3 unspecified atom stereocenters. The number of likely N-dealkylation sites (tertiary alicyclic amines) is 2. The van der Waals surface area contributed by atoms with E-state index in [1.165, 1.54) is 36.1 Å². The largest absolute Gasteiger partial charge is 0.497 e. The first kappa shape index (κ1) is 39.5. The number of aromatic nitrogens is 1. The molecule has 2 aliphatic carbocycles. The van der Waals surface area contributed by atoms with Crippen LogP contribution in [-0.4, -0.2) is 87.0 Å². The minimum atomic E-state index is -1.48. The van der Waals surface area contributed by atoms with E-state index in [0.717, 1.165) is 80.1 Å². The molecule has 5 aliphatic rings. The van der Waals surface area contributed by atoms with Crippen LogP contribution in [-0.2, 0) is 31.9 Å². The predicted octanol–water partition coefficient (Wildman–Crippen LogP) is 7.70. The van der Waals surface area contributed by atoms with Crippen molar-refractivity contribution >= 4 is 40.1 Å². The highest BCUT2D eigenvalue weighted by Crippen LogP contribution is 2.66. The zero-order chi connectivity index (χ0) is 39.3. The van der Waals surface area contributed by atoms with Crippen LogP contribution in [0.4, 0.5) is 0 Å². The molecule has 11 heteroatoms. The lowest BCUT2D eigenvalue weighted by Gasteiger charge is -2.44. The first-order valence-corrected chi connectivity index (χ1v) is 21.6. The molecule has 2 aromatic carbocycles. The van der Waals surface area contributed by atoms with Gasteiger partial charge in [-0.15, -0.1) is 0 Å². The average Bonchev–Trinajstić information content (AvgIpc) is 3.69. The number of hydrogen-bond acceptors (Lipinski definition) is 6. The van der Waals surface area contributed by atoms with Gasteiger partial charge in [0.25, 0.3) is 5.91 Å². The fraction of sp³-hybridized carbons (Fsp3) is 0.614. The molecule has 0 bridgehead atoms. The molecule has 4 fully saturated rings. The molecule has 3 aliphatic heterocycles. The lowest BCUT2D eigenvalue weighted by Crippen LogP contribution is -2.54. The number of ether oxygens (including phenoxy) is 2. The van der Waals surface area contributed by atoms with Gasteiger partial charge in [0.15, 0.2) is 0 Å². The molecule has 4 heterocycles. The molecular weight excluding hydrogens is 713 g/mol. The van der Waals surface area contributed by atoms with Crippen molar-refractivity contribution < 1.29 is 28.1 Å². The second-order valence-electron chi connectivity index (χ2n) is 17.8. The summed E-state index contributed by atoms with van der Waals surface area (Å²) in [5.74, 6) is 1.10. The summed E-state index contributed by atoms with van der Waals surface area (Å²) in [7, 11) is 1.92. The monoisotopic (exact) mass is 772 g/mol. The maximum Gasteiger partial charge on any atom is 0.263 e. The molecule has 2 saturated carbocycles. The van der Waals surface area contributed by atoms with Crippen molar-refractivity contribution in [3.63, 3.8) is 0 Å². The van der Waals surface area contributed by atoms with Crippen molar-refractivity contribution in [3.05, 3.63) is 53.1 Å². The van der Waals surface area contributed by atoms with E-state index in [-0.39, 0.29) is 34.1 Å². The lowest BCUT2D eigenvalue weighted by atomic mass is 9.81. The number of amides is 3. The van der Waals surface area contributed by atoms with E-state index >= 15 is 0 Å². The van der Waals surface area contributed by atoms with Crippen molar-refractivity contribution in [2.24, 2.45) is 5.41 Å². The zero-order valence-electron chi connectivity index (χ0n) is 33.9. The van der Waals surface area contributed by atoms with Crippen molar-refractivity contribution in [2.75, 3.05) is 33.9 Å². The highest BCUT2D eigenvalue weighted by atomic mass is 32.2. The number of benzene rings is 2. The van der Waals surface area contributed by atoms with Gasteiger partial charge in [0.05, 0.1) is 23.8 Å². The Labute approximate surface area is 329 Å². The molecule has 298 valence electrons. The number of rotatable bonds is 7. The second-order valence-corrected chi connectivity index (χ2v) is 19.5. The van der Waals surface area contributed by atoms with E-state index < -0.39 is 16.4 Å². The van der Waals surface area contributed by atoms with E-state index in [1.54, 1.807) is 14.2 Å². The Morgan fingerprint density at radius 3 is 2.31 bits per heavy atom. The summed E-state index contributed by atoms with van der Waals surface area (Å²) in [5, 5.41) is 0.947. The number of fused-ring (bicyclic) bond motifs is 7. The molecule has 2 saturated heterocycles. The van der Waals surface area contributed by atoms with E-state index in [0.29, 0.717) is 31.1 Å². The molecule has 3 aromatic rings. The number of nitrogens with one attached hydrogen (secondary N) is 1. The molecule has 1 spiro atoms. The van der Waals surface area contributed by atoms with E-state index in [9.17, 15) is 18.6 Å². The van der Waals surface area contributed by atoms with Gasteiger partial charge in [-0.3, -0.25) is 19.1 Å². The van der Waals surface area contributed by atoms with Gasteiger partial charge in [-0.25, -0.2) is 4.21 Å². The number of carbonyl (C=O) groups excluding carboxylic acids is 3. The van der Waals surface area contributed by atoms with Gasteiger partial charge in [-0.1, -0.05) is 25.3 Å². The maximum absolute atomic E-state index is 14.9. The van der Waals surface area contributed by atoms with Gasteiger partial charge < -0.3 is 23.8 Å². The van der Waals surface area contributed by atoms with E-state index in [4.69, 9.17) is 9.47 Å². The third-order valence-corrected chi connectivity index (χ3v) is 14.4. The Bertz CT molecular complexity index is 1970. The fourth-order valence-corrected chi connectivity index (χ4v) is 10.3. The molecule has 0 radical (unpaired) electrons. The minimum Gasteiger partial charge on any atom is -0.497 e. The summed E-state index contributed by atoms with van der Waals surface area (Å²) < 4.78 is 28.3. The van der Waals surface area contributed by atoms with Gasteiger partial charge in [0.1, 0.15) is 16.7 Å². The van der Waals surface area contributed by atoms with Crippen LogP contribution in [0.3, 0.4) is 0 Å². The van der Waals surface area contributed by atoms with Crippen LogP contribution in [0.2, 0.25) is 0 Å². The molecule has 8 rings (SSSR count). The summed E-state index contributed by atoms with van der Waals surface area (Å²) in [6.07, 6.45) is 11.3. The van der Waals surface area contributed by atoms with Crippen LogP contribution in [0.15, 0.2) is 36.4 Å². The second kappa shape index (κ2) is 15.3. The highest BCUT2D eigenvalue weighted by Gasteiger charge is 2.64. The van der Waals surface area contributed by atoms with E-state index in [1.807, 2.05) is 57.7 Å². The van der Waals surface area contributed by atoms with E-state index in [2.05, 4.69) is 32.4 Å². The van der Waals surface area contributed by atoms with Gasteiger partial charge >= 0.3 is 0 Å². The first-order valence-electron chi connectivity index (χ1n) is 20.4. The van der Waals surface area contributed by atoms with Crippen LogP contribution in [0, 0.1) is 5.41 Å². The van der Waals surface area contributed by atoms with Crippen LogP contribution >= 0.6 is 0 Å². The molecule has 3 atom stereocenters. The third kappa shape index (κ3) is 7.36. The van der Waals surface area contributed by atoms with Crippen LogP contribution in [0.5, 0.6) is 5.75 Å². The Morgan fingerprint density at radius 1 is 0.964 bits per heavy atom. The minimum absolute atomic E-state index is 0.0417. The number of hydrogen-bond donors (Lipinski definition) is 1. The average molecular weight is 773 g/mol. The molecule has 10 nitrogen and oxygen atoms in total. The number of nitrogens with zero attached hydrogens (tertiary/aromatic N) is 3. The number of methoxy groups -OCH3 is 2. The zero-order valence-corrected chi connectivity index (χ0v) is 34.7. The molecule has 1 N–H and O–H groups in total. The predicted molar refractivity (Wildman–Crippen MR) is 218 cm³/mol. The van der Waals surface area contributed by atoms with Crippen molar-refractivity contribution in [2.45, 2.75) is 134 Å². The van der Waals surface area contributed by atoms with Crippen molar-refractivity contribution in [1.82, 2.24) is 19.1 Å². The molecule has 3 amide bonds. The van der Waals surface area contributed by atoms with Crippen LogP contribution < -0.4 is 9.46 Å². The van der Waals surface area contributed by atoms with Crippen LogP contribution in [0.1, 0.15) is 132 Å². The van der Waals surface area contributed by atoms with Gasteiger partial charge in [0, 0.05) is 72.0 Å². The standard InChI is InChI=1S/C39H48N4O5S.C5H12O/c1-25(2)49(47)40-36(45)27-10-12-30-33(20-27)43-23-39(37(46)41-18-15-38(16-19-41)14-7-17-42(38)24-44)22-32(39)31-21-28(48-3)11-13-29(31)35(43)34(30)26-8-5-4-6-9-26;1-5(2,3)6-4/h10-13,20-21,24-26,32H,4-9,14-19,22-23H2,1-3H3,(H,40,45);1-4H3. The summed E-state index contributed by atoms with van der Waals surface area (Å²) in [5.41, 5.74) is 5.60. The van der Waals surface area contributed by atoms with Crippen molar-refractivity contribution in [3.8, 4) is 17.0 Å².